The molecule has 1 aromatic heterocycles. The van der Waals surface area contributed by atoms with E-state index < -0.39 is 0 Å². The van der Waals surface area contributed by atoms with Gasteiger partial charge in [-0.05, 0) is 24.6 Å². The summed E-state index contributed by atoms with van der Waals surface area (Å²) in [5, 5.41) is 0.892. The standard InChI is InChI=1S/C13H12O3/c1-3-6-15-11-8-12-10(7-9(11)2)4-5-13(14)16-12/h3-5,7-8H,1,6H2,2H3. The molecule has 1 heterocycles. The Bertz CT molecular complexity index is 581. The van der Waals surface area contributed by atoms with Crippen LogP contribution in [0.1, 0.15) is 5.56 Å². The maximum atomic E-state index is 11.1. The Labute approximate surface area is 93.0 Å². The Hall–Kier alpha value is -2.03. The number of fused-ring (bicyclic) bond motifs is 1. The topological polar surface area (TPSA) is 39.4 Å². The highest BCUT2D eigenvalue weighted by Gasteiger charge is 2.04. The Kier molecular flexibility index (Phi) is 2.77. The molecule has 0 saturated heterocycles. The third-order valence-electron chi connectivity index (χ3n) is 2.27. The van der Waals surface area contributed by atoms with E-state index in [4.69, 9.17) is 9.15 Å². The van der Waals surface area contributed by atoms with Crippen LogP contribution in [0.4, 0.5) is 0 Å². The van der Waals surface area contributed by atoms with Crippen LogP contribution >= 0.6 is 0 Å². The van der Waals surface area contributed by atoms with Gasteiger partial charge in [-0.15, -0.1) is 0 Å². The molecule has 0 bridgehead atoms. The molecule has 2 aromatic rings. The van der Waals surface area contributed by atoms with Crippen LogP contribution in [0.3, 0.4) is 0 Å². The highest BCUT2D eigenvalue weighted by atomic mass is 16.5. The molecule has 0 amide bonds. The largest absolute Gasteiger partial charge is 0.489 e. The summed E-state index contributed by atoms with van der Waals surface area (Å²) in [6.07, 6.45) is 1.67. The lowest BCUT2D eigenvalue weighted by atomic mass is 10.1. The summed E-state index contributed by atoms with van der Waals surface area (Å²) in [5.41, 5.74) is 1.19. The van der Waals surface area contributed by atoms with Crippen molar-refractivity contribution in [1.82, 2.24) is 0 Å². The van der Waals surface area contributed by atoms with Gasteiger partial charge >= 0.3 is 5.63 Å². The third kappa shape index (κ3) is 1.98. The Morgan fingerprint density at radius 3 is 3.00 bits per heavy atom. The van der Waals surface area contributed by atoms with Crippen molar-refractivity contribution in [2.24, 2.45) is 0 Å². The first-order valence-corrected chi connectivity index (χ1v) is 4.99. The average Bonchev–Trinajstić information content (AvgIpc) is 2.27. The number of hydrogen-bond donors (Lipinski definition) is 0. The molecule has 0 aliphatic rings. The minimum atomic E-state index is -0.356. The first-order chi connectivity index (χ1) is 7.70. The highest BCUT2D eigenvalue weighted by Crippen LogP contribution is 2.24. The number of aryl methyl sites for hydroxylation is 1. The number of hydrogen-bond acceptors (Lipinski definition) is 3. The Morgan fingerprint density at radius 2 is 2.25 bits per heavy atom. The second-order valence-corrected chi connectivity index (χ2v) is 3.51. The van der Waals surface area contributed by atoms with E-state index in [0.29, 0.717) is 17.9 Å². The second kappa shape index (κ2) is 4.23. The summed E-state index contributed by atoms with van der Waals surface area (Å²) in [6.45, 7) is 5.96. The summed E-state index contributed by atoms with van der Waals surface area (Å²) < 4.78 is 10.5. The maximum absolute atomic E-state index is 11.1. The van der Waals surface area contributed by atoms with Crippen LogP contribution in [0.5, 0.6) is 5.75 Å². The van der Waals surface area contributed by atoms with Crippen LogP contribution in [-0.2, 0) is 0 Å². The smallest absolute Gasteiger partial charge is 0.336 e. The summed E-state index contributed by atoms with van der Waals surface area (Å²) in [4.78, 5) is 11.1. The van der Waals surface area contributed by atoms with Gasteiger partial charge in [0, 0.05) is 17.5 Å². The van der Waals surface area contributed by atoms with Crippen LogP contribution in [0.25, 0.3) is 11.0 Å². The van der Waals surface area contributed by atoms with Crippen molar-refractivity contribution in [2.45, 2.75) is 6.92 Å². The molecule has 3 nitrogen and oxygen atoms in total. The quantitative estimate of drug-likeness (QED) is 0.585. The van der Waals surface area contributed by atoms with Crippen molar-refractivity contribution >= 4 is 11.0 Å². The molecule has 0 unspecified atom stereocenters. The predicted molar refractivity (Wildman–Crippen MR) is 62.9 cm³/mol. The minimum Gasteiger partial charge on any atom is -0.489 e. The van der Waals surface area contributed by atoms with Crippen molar-refractivity contribution < 1.29 is 9.15 Å². The summed E-state index contributed by atoms with van der Waals surface area (Å²) >= 11 is 0. The highest BCUT2D eigenvalue weighted by molar-refractivity contribution is 5.79. The van der Waals surface area contributed by atoms with E-state index in [1.165, 1.54) is 6.07 Å². The molecule has 0 aliphatic heterocycles. The first-order valence-electron chi connectivity index (χ1n) is 4.99. The molecule has 16 heavy (non-hydrogen) atoms. The van der Waals surface area contributed by atoms with Crippen molar-refractivity contribution in [1.29, 1.82) is 0 Å². The van der Waals surface area contributed by atoms with E-state index in [1.54, 1.807) is 18.2 Å². The van der Waals surface area contributed by atoms with E-state index >= 15 is 0 Å². The van der Waals surface area contributed by atoms with Crippen LogP contribution in [-0.4, -0.2) is 6.61 Å². The van der Waals surface area contributed by atoms with Gasteiger partial charge in [-0.3, -0.25) is 0 Å². The molecule has 0 N–H and O–H groups in total. The fourth-order valence-electron chi connectivity index (χ4n) is 1.51. The van der Waals surface area contributed by atoms with Crippen LogP contribution in [0, 0.1) is 6.92 Å². The van der Waals surface area contributed by atoms with Gasteiger partial charge in [0.1, 0.15) is 17.9 Å². The fourth-order valence-corrected chi connectivity index (χ4v) is 1.51. The molecule has 0 atom stereocenters. The zero-order valence-electron chi connectivity index (χ0n) is 9.03. The third-order valence-corrected chi connectivity index (χ3v) is 2.27. The zero-order chi connectivity index (χ0) is 11.5. The van der Waals surface area contributed by atoms with E-state index in [-0.39, 0.29) is 5.63 Å². The molecule has 0 spiro atoms. The maximum Gasteiger partial charge on any atom is 0.336 e. The van der Waals surface area contributed by atoms with E-state index in [1.807, 2.05) is 13.0 Å². The van der Waals surface area contributed by atoms with Gasteiger partial charge in [0.2, 0.25) is 0 Å². The van der Waals surface area contributed by atoms with Gasteiger partial charge in [0.25, 0.3) is 0 Å². The molecule has 2 rings (SSSR count). The molecule has 82 valence electrons. The van der Waals surface area contributed by atoms with Gasteiger partial charge in [-0.2, -0.15) is 0 Å². The minimum absolute atomic E-state index is 0.356. The van der Waals surface area contributed by atoms with Gasteiger partial charge < -0.3 is 9.15 Å². The predicted octanol–water partition coefficient (Wildman–Crippen LogP) is 2.67. The monoisotopic (exact) mass is 216 g/mol. The van der Waals surface area contributed by atoms with Crippen molar-refractivity contribution in [3.05, 3.63) is 52.9 Å². The zero-order valence-corrected chi connectivity index (χ0v) is 9.03. The molecule has 0 radical (unpaired) electrons. The molecule has 0 saturated carbocycles. The van der Waals surface area contributed by atoms with Crippen molar-refractivity contribution in [3.8, 4) is 5.75 Å². The first kappa shape index (κ1) is 10.5. The number of rotatable bonds is 3. The SMILES string of the molecule is C=CCOc1cc2oc(=O)ccc2cc1C. The fraction of sp³-hybridized carbons (Fsp3) is 0.154. The normalized spacial score (nSPS) is 10.3. The van der Waals surface area contributed by atoms with Gasteiger partial charge in [-0.25, -0.2) is 4.79 Å². The van der Waals surface area contributed by atoms with Crippen molar-refractivity contribution in [3.63, 3.8) is 0 Å². The van der Waals surface area contributed by atoms with E-state index in [2.05, 4.69) is 6.58 Å². The van der Waals surface area contributed by atoms with Gasteiger partial charge in [-0.1, -0.05) is 12.7 Å². The Balaban J connectivity index is 2.54. The second-order valence-electron chi connectivity index (χ2n) is 3.51. The Morgan fingerprint density at radius 1 is 1.44 bits per heavy atom. The number of ether oxygens (including phenoxy) is 1. The molecule has 0 fully saturated rings. The number of benzene rings is 1. The van der Waals surface area contributed by atoms with Crippen LogP contribution < -0.4 is 10.4 Å². The molecule has 0 aliphatic carbocycles. The van der Waals surface area contributed by atoms with Crippen molar-refractivity contribution in [2.75, 3.05) is 6.61 Å². The summed E-state index contributed by atoms with van der Waals surface area (Å²) in [7, 11) is 0. The lowest BCUT2D eigenvalue weighted by Gasteiger charge is -2.07. The van der Waals surface area contributed by atoms with E-state index in [0.717, 1.165) is 10.9 Å². The van der Waals surface area contributed by atoms with E-state index in [9.17, 15) is 4.79 Å². The molecular formula is C13H12O3. The lowest BCUT2D eigenvalue weighted by Crippen LogP contribution is -1.98. The van der Waals surface area contributed by atoms with Gasteiger partial charge in [0.15, 0.2) is 0 Å². The lowest BCUT2D eigenvalue weighted by molar-refractivity contribution is 0.360. The summed E-state index contributed by atoms with van der Waals surface area (Å²) in [5.74, 6) is 0.710. The van der Waals surface area contributed by atoms with Gasteiger partial charge in [0.05, 0.1) is 0 Å². The average molecular weight is 216 g/mol. The van der Waals surface area contributed by atoms with Crippen LogP contribution in [0.15, 0.2) is 46.1 Å². The molecule has 1 aromatic carbocycles. The van der Waals surface area contributed by atoms with Crippen LogP contribution in [0.2, 0.25) is 0 Å². The molecule has 3 heteroatoms. The summed E-state index contributed by atoms with van der Waals surface area (Å²) in [6, 6.07) is 6.81. The molecular weight excluding hydrogens is 204 g/mol.